The molecule has 1 N–H and O–H groups in total. The number of sulfonamides is 1. The van der Waals surface area contributed by atoms with Gasteiger partial charge >= 0.3 is 6.18 Å². The van der Waals surface area contributed by atoms with Crippen LogP contribution in [0, 0.1) is 0 Å². The third-order valence-corrected chi connectivity index (χ3v) is 6.68. The van der Waals surface area contributed by atoms with Crippen LogP contribution in [0.5, 0.6) is 0 Å². The average molecular weight is 576 g/mol. The maximum atomic E-state index is 13.3. The summed E-state index contributed by atoms with van der Waals surface area (Å²) in [6, 6.07) is 4.68. The van der Waals surface area contributed by atoms with E-state index in [1.165, 1.54) is 42.1 Å². The molecule has 1 amide bonds. The van der Waals surface area contributed by atoms with E-state index in [9.17, 15) is 26.4 Å². The highest BCUT2D eigenvalue weighted by Crippen LogP contribution is 2.37. The lowest BCUT2D eigenvalue weighted by atomic mass is 10.2. The summed E-state index contributed by atoms with van der Waals surface area (Å²) in [6.45, 7) is 0. The molecule has 0 spiro atoms. The normalized spacial score (nSPS) is 12.0. The van der Waals surface area contributed by atoms with Crippen LogP contribution in [0.25, 0.3) is 17.3 Å². The molecule has 0 unspecified atom stereocenters. The second-order valence-corrected chi connectivity index (χ2v) is 10.1. The fourth-order valence-electron chi connectivity index (χ4n) is 3.10. The highest BCUT2D eigenvalue weighted by molar-refractivity contribution is 7.92. The van der Waals surface area contributed by atoms with E-state index < -0.39 is 37.6 Å². The minimum atomic E-state index is -4.89. The summed E-state index contributed by atoms with van der Waals surface area (Å²) < 4.78 is 74.2. The fourth-order valence-corrected chi connectivity index (χ4v) is 4.57. The molecule has 0 saturated carbocycles. The van der Waals surface area contributed by atoms with Gasteiger partial charge in [0.2, 0.25) is 5.82 Å². The first-order valence-electron chi connectivity index (χ1n) is 9.93. The maximum absolute atomic E-state index is 13.3. The molecule has 4 aromatic rings. The van der Waals surface area contributed by atoms with Gasteiger partial charge in [-0.25, -0.2) is 18.0 Å². The van der Waals surface area contributed by atoms with Gasteiger partial charge in [0.05, 0.1) is 26.2 Å². The molecule has 0 radical (unpaired) electrons. The zero-order valence-electron chi connectivity index (χ0n) is 18.7. The molecule has 4 rings (SSSR count). The molecule has 0 atom stereocenters. The number of nitrogens with zero attached hydrogens (tertiary/aromatic N) is 6. The average Bonchev–Trinajstić information content (AvgIpc) is 3.47. The highest BCUT2D eigenvalue weighted by Gasteiger charge is 2.35. The zero-order chi connectivity index (χ0) is 27.1. The number of pyridine rings is 1. The van der Waals surface area contributed by atoms with E-state index >= 15 is 0 Å². The van der Waals surface area contributed by atoms with E-state index in [2.05, 4.69) is 25.1 Å². The Hall–Kier alpha value is -3.69. The molecular weight excluding hydrogens is 562 g/mol. The third kappa shape index (κ3) is 5.23. The summed E-state index contributed by atoms with van der Waals surface area (Å²) in [5.74, 6) is -0.838. The number of benzene rings is 1. The Balaban J connectivity index is 1.86. The molecular formula is C20H14Cl2F3N7O4S. The molecule has 0 fully saturated rings. The second-order valence-electron chi connectivity index (χ2n) is 7.53. The lowest BCUT2D eigenvalue weighted by Gasteiger charge is -2.15. The van der Waals surface area contributed by atoms with Gasteiger partial charge in [0.1, 0.15) is 12.0 Å². The SMILES string of the molecule is CN(C)C(=O)c1nnc(-c2ncc(Cl)cc2NS(=O)(=O)c2ccc(Cl)c(C(F)(F)F)c2)n1-c1ccon1. The van der Waals surface area contributed by atoms with Crippen molar-refractivity contribution >= 4 is 44.8 Å². The summed E-state index contributed by atoms with van der Waals surface area (Å²) in [5, 5.41) is 11.0. The van der Waals surface area contributed by atoms with Crippen LogP contribution in [-0.4, -0.2) is 58.2 Å². The summed E-state index contributed by atoms with van der Waals surface area (Å²) in [6.07, 6.45) is -2.50. The largest absolute Gasteiger partial charge is 0.417 e. The lowest BCUT2D eigenvalue weighted by molar-refractivity contribution is -0.137. The number of carbonyl (C=O) groups is 1. The molecule has 17 heteroatoms. The van der Waals surface area contributed by atoms with Gasteiger partial charge in [0.15, 0.2) is 11.6 Å². The Morgan fingerprint density at radius 3 is 2.49 bits per heavy atom. The Morgan fingerprint density at radius 2 is 1.86 bits per heavy atom. The number of nitrogens with one attached hydrogen (secondary N) is 1. The van der Waals surface area contributed by atoms with Crippen molar-refractivity contribution in [2.75, 3.05) is 18.8 Å². The van der Waals surface area contributed by atoms with Gasteiger partial charge in [-0.1, -0.05) is 28.4 Å². The first kappa shape index (κ1) is 26.4. The number of carbonyl (C=O) groups excluding carboxylic acids is 1. The van der Waals surface area contributed by atoms with Crippen molar-refractivity contribution in [3.8, 4) is 17.3 Å². The van der Waals surface area contributed by atoms with E-state index in [0.717, 1.165) is 18.2 Å². The molecule has 1 aromatic carbocycles. The molecule has 0 aliphatic rings. The van der Waals surface area contributed by atoms with Crippen LogP contribution in [0.4, 0.5) is 18.9 Å². The first-order valence-corrected chi connectivity index (χ1v) is 12.2. The van der Waals surface area contributed by atoms with Crippen molar-refractivity contribution in [2.24, 2.45) is 0 Å². The van der Waals surface area contributed by atoms with Gasteiger partial charge in [-0.2, -0.15) is 13.2 Å². The third-order valence-electron chi connectivity index (χ3n) is 4.78. The van der Waals surface area contributed by atoms with Crippen molar-refractivity contribution in [3.05, 3.63) is 64.2 Å². The lowest BCUT2D eigenvalue weighted by Crippen LogP contribution is -2.25. The quantitative estimate of drug-likeness (QED) is 0.362. The van der Waals surface area contributed by atoms with Crippen LogP contribution in [0.2, 0.25) is 10.0 Å². The summed E-state index contributed by atoms with van der Waals surface area (Å²) in [4.78, 5) is 17.3. The minimum absolute atomic E-state index is 0.00868. The van der Waals surface area contributed by atoms with Crippen LogP contribution in [0.3, 0.4) is 0 Å². The van der Waals surface area contributed by atoms with E-state index in [4.69, 9.17) is 27.7 Å². The molecule has 37 heavy (non-hydrogen) atoms. The number of aromatic nitrogens is 5. The molecule has 11 nitrogen and oxygen atoms in total. The van der Waals surface area contributed by atoms with Crippen molar-refractivity contribution in [1.82, 2.24) is 29.8 Å². The predicted octanol–water partition coefficient (Wildman–Crippen LogP) is 4.15. The van der Waals surface area contributed by atoms with Gasteiger partial charge in [-0.15, -0.1) is 10.2 Å². The standard InChI is InChI=1S/C20H14Cl2F3N7O4S/c1-31(2)19(33)18-28-27-17(32(18)15-5-6-36-29-15)16-14(7-10(21)9-26-16)30-37(34,35)11-3-4-13(22)12(8-11)20(23,24)25/h3-9,30H,1-2H3. The van der Waals surface area contributed by atoms with E-state index in [1.54, 1.807) is 0 Å². The van der Waals surface area contributed by atoms with Crippen LogP contribution < -0.4 is 4.72 Å². The van der Waals surface area contributed by atoms with Gasteiger partial charge in [-0.3, -0.25) is 9.52 Å². The number of amides is 1. The van der Waals surface area contributed by atoms with Crippen molar-refractivity contribution < 1.29 is 30.9 Å². The van der Waals surface area contributed by atoms with Gasteiger partial charge < -0.3 is 9.42 Å². The van der Waals surface area contributed by atoms with Crippen LogP contribution in [-0.2, 0) is 16.2 Å². The number of hydrogen-bond donors (Lipinski definition) is 1. The number of anilines is 1. The summed E-state index contributed by atoms with van der Waals surface area (Å²) >= 11 is 11.6. The number of rotatable bonds is 6. The minimum Gasteiger partial charge on any atom is -0.363 e. The molecule has 3 heterocycles. The summed E-state index contributed by atoms with van der Waals surface area (Å²) in [7, 11) is -1.67. The highest BCUT2D eigenvalue weighted by atomic mass is 35.5. The van der Waals surface area contributed by atoms with Crippen LogP contribution in [0.15, 0.2) is 52.2 Å². The van der Waals surface area contributed by atoms with Crippen molar-refractivity contribution in [2.45, 2.75) is 11.1 Å². The van der Waals surface area contributed by atoms with Gasteiger partial charge in [0, 0.05) is 26.4 Å². The Morgan fingerprint density at radius 1 is 1.14 bits per heavy atom. The molecule has 194 valence electrons. The van der Waals surface area contributed by atoms with E-state index in [1.807, 2.05) is 0 Å². The van der Waals surface area contributed by atoms with Crippen LogP contribution >= 0.6 is 23.2 Å². The molecule has 0 aliphatic carbocycles. The monoisotopic (exact) mass is 575 g/mol. The molecule has 0 saturated heterocycles. The second kappa shape index (κ2) is 9.64. The van der Waals surface area contributed by atoms with Gasteiger partial charge in [-0.05, 0) is 24.3 Å². The van der Waals surface area contributed by atoms with E-state index in [0.29, 0.717) is 6.07 Å². The van der Waals surface area contributed by atoms with Crippen LogP contribution in [0.1, 0.15) is 16.2 Å². The number of halogens is 5. The molecule has 3 aromatic heterocycles. The van der Waals surface area contributed by atoms with E-state index in [-0.39, 0.29) is 33.9 Å². The number of alkyl halides is 3. The zero-order valence-corrected chi connectivity index (χ0v) is 21.0. The predicted molar refractivity (Wildman–Crippen MR) is 125 cm³/mol. The Labute approximate surface area is 216 Å². The first-order chi connectivity index (χ1) is 17.3. The van der Waals surface area contributed by atoms with Crippen molar-refractivity contribution in [1.29, 1.82) is 0 Å². The smallest absolute Gasteiger partial charge is 0.363 e. The number of hydrogen-bond acceptors (Lipinski definition) is 8. The maximum Gasteiger partial charge on any atom is 0.417 e. The summed E-state index contributed by atoms with van der Waals surface area (Å²) in [5.41, 5.74) is -1.76. The van der Waals surface area contributed by atoms with Gasteiger partial charge in [0.25, 0.3) is 15.9 Å². The molecule has 0 bridgehead atoms. The fraction of sp³-hybridized carbons (Fsp3) is 0.150. The molecule has 0 aliphatic heterocycles. The Kier molecular flexibility index (Phi) is 6.87. The Bertz CT molecular complexity index is 1590. The van der Waals surface area contributed by atoms with Crippen molar-refractivity contribution in [3.63, 3.8) is 0 Å². The topological polar surface area (TPSA) is 136 Å².